The number of fused-ring (bicyclic) bond motifs is 1. The normalized spacial score (nSPS) is 47.8. The van der Waals surface area contributed by atoms with Crippen LogP contribution >= 0.6 is 10.9 Å². The van der Waals surface area contributed by atoms with Crippen molar-refractivity contribution in [1.29, 1.82) is 0 Å². The van der Waals surface area contributed by atoms with Gasteiger partial charge in [-0.25, -0.2) is 0 Å². The average molecular weight is 187 g/mol. The second-order valence-corrected chi connectivity index (χ2v) is 7.50. The zero-order valence-electron chi connectivity index (χ0n) is 8.16. The molecule has 0 aromatic rings. The molecule has 0 saturated heterocycles. The Bertz CT molecular complexity index is 155. The maximum Gasteiger partial charge on any atom is 0.00443 e. The standard InChI is InChI=1S/C10H21NS/c1-12(2)10-5-7-3-9(11)4-8(7)6-10/h7-10,12H,3-6,11H2,1-2H3/t7-,8+,9-,10?. The second-order valence-electron chi connectivity index (χ2n) is 4.84. The van der Waals surface area contributed by atoms with Crippen molar-refractivity contribution < 1.29 is 0 Å². The predicted octanol–water partition coefficient (Wildman–Crippen LogP) is 1.76. The van der Waals surface area contributed by atoms with E-state index in [0.717, 1.165) is 17.1 Å². The Morgan fingerprint density at radius 3 is 1.92 bits per heavy atom. The molecular weight excluding hydrogens is 166 g/mol. The zero-order valence-corrected chi connectivity index (χ0v) is 9.06. The molecule has 0 amide bonds. The lowest BCUT2D eigenvalue weighted by Crippen LogP contribution is -2.17. The summed E-state index contributed by atoms with van der Waals surface area (Å²) in [6.45, 7) is 0. The van der Waals surface area contributed by atoms with Crippen molar-refractivity contribution in [3.05, 3.63) is 0 Å². The largest absolute Gasteiger partial charge is 0.328 e. The minimum absolute atomic E-state index is 0.318. The van der Waals surface area contributed by atoms with E-state index in [-0.39, 0.29) is 0 Å². The van der Waals surface area contributed by atoms with Gasteiger partial charge in [-0.15, -0.1) is 0 Å². The smallest absolute Gasteiger partial charge is 0.00443 e. The topological polar surface area (TPSA) is 26.0 Å². The number of hydrogen-bond acceptors (Lipinski definition) is 1. The lowest BCUT2D eigenvalue weighted by Gasteiger charge is -2.19. The van der Waals surface area contributed by atoms with E-state index in [2.05, 4.69) is 12.5 Å². The molecule has 12 heavy (non-hydrogen) atoms. The highest BCUT2D eigenvalue weighted by Gasteiger charge is 2.40. The van der Waals surface area contributed by atoms with Gasteiger partial charge in [-0.05, 0) is 55.3 Å². The van der Waals surface area contributed by atoms with E-state index in [9.17, 15) is 0 Å². The van der Waals surface area contributed by atoms with E-state index in [1.54, 1.807) is 0 Å². The van der Waals surface area contributed by atoms with Crippen molar-refractivity contribution in [3.8, 4) is 0 Å². The summed E-state index contributed by atoms with van der Waals surface area (Å²) >= 11 is 0. The van der Waals surface area contributed by atoms with Gasteiger partial charge in [-0.2, -0.15) is 0 Å². The lowest BCUT2D eigenvalue weighted by molar-refractivity contribution is 0.457. The molecule has 0 bridgehead atoms. The summed E-state index contributed by atoms with van der Waals surface area (Å²) in [5.74, 6) is 2.02. The molecule has 2 heteroatoms. The van der Waals surface area contributed by atoms with Crippen LogP contribution in [0.1, 0.15) is 25.7 Å². The van der Waals surface area contributed by atoms with Crippen molar-refractivity contribution in [2.24, 2.45) is 17.6 Å². The van der Waals surface area contributed by atoms with Crippen LogP contribution in [0.15, 0.2) is 0 Å². The quantitative estimate of drug-likeness (QED) is 0.601. The van der Waals surface area contributed by atoms with Gasteiger partial charge in [0.15, 0.2) is 0 Å². The first-order valence-corrected chi connectivity index (χ1v) is 7.39. The Hall–Kier alpha value is 0.310. The monoisotopic (exact) mass is 187 g/mol. The van der Waals surface area contributed by atoms with Crippen molar-refractivity contribution in [1.82, 2.24) is 0 Å². The summed E-state index contributed by atoms with van der Waals surface area (Å²) in [7, 11) is 0.318. The molecule has 72 valence electrons. The molecule has 2 saturated carbocycles. The van der Waals surface area contributed by atoms with E-state index in [0.29, 0.717) is 16.9 Å². The summed E-state index contributed by atoms with van der Waals surface area (Å²) in [6, 6.07) is 0.542. The average Bonchev–Trinajstić information content (AvgIpc) is 2.42. The second kappa shape index (κ2) is 3.22. The van der Waals surface area contributed by atoms with Crippen LogP contribution in [0.25, 0.3) is 0 Å². The molecule has 2 rings (SSSR count). The highest BCUT2D eigenvalue weighted by molar-refractivity contribution is 8.16. The van der Waals surface area contributed by atoms with Gasteiger partial charge in [0.25, 0.3) is 0 Å². The third-order valence-electron chi connectivity index (χ3n) is 3.76. The van der Waals surface area contributed by atoms with E-state index < -0.39 is 0 Å². The molecule has 2 N–H and O–H groups in total. The minimum Gasteiger partial charge on any atom is -0.328 e. The summed E-state index contributed by atoms with van der Waals surface area (Å²) < 4.78 is 0. The number of nitrogens with two attached hydrogens (primary N) is 1. The van der Waals surface area contributed by atoms with Gasteiger partial charge in [-0.3, -0.25) is 10.9 Å². The van der Waals surface area contributed by atoms with Crippen LogP contribution in [-0.4, -0.2) is 23.8 Å². The van der Waals surface area contributed by atoms with Crippen LogP contribution in [0.3, 0.4) is 0 Å². The summed E-state index contributed by atoms with van der Waals surface area (Å²) in [6.07, 6.45) is 10.5. The van der Waals surface area contributed by atoms with Crippen LogP contribution in [-0.2, 0) is 0 Å². The van der Waals surface area contributed by atoms with Crippen LogP contribution < -0.4 is 5.73 Å². The van der Waals surface area contributed by atoms with Crippen molar-refractivity contribution in [3.63, 3.8) is 0 Å². The Morgan fingerprint density at radius 2 is 1.50 bits per heavy atom. The molecule has 0 spiro atoms. The van der Waals surface area contributed by atoms with Crippen molar-refractivity contribution >= 4 is 10.9 Å². The van der Waals surface area contributed by atoms with Crippen LogP contribution in [0.5, 0.6) is 0 Å². The fourth-order valence-electron chi connectivity index (χ4n) is 3.05. The van der Waals surface area contributed by atoms with Gasteiger partial charge in [0.05, 0.1) is 0 Å². The molecule has 0 heterocycles. The minimum atomic E-state index is 0.318. The maximum atomic E-state index is 5.95. The first kappa shape index (κ1) is 8.89. The molecule has 0 radical (unpaired) electrons. The molecule has 1 nitrogen and oxygen atoms in total. The fourth-order valence-corrected chi connectivity index (χ4v) is 4.44. The van der Waals surface area contributed by atoms with Crippen molar-refractivity contribution in [2.75, 3.05) is 12.5 Å². The Kier molecular flexibility index (Phi) is 2.39. The molecule has 0 aromatic carbocycles. The van der Waals surface area contributed by atoms with Gasteiger partial charge < -0.3 is 5.73 Å². The van der Waals surface area contributed by atoms with E-state index in [1.807, 2.05) is 0 Å². The highest BCUT2D eigenvalue weighted by atomic mass is 32.2. The predicted molar refractivity (Wildman–Crippen MR) is 58.0 cm³/mol. The molecule has 0 aromatic heterocycles. The van der Waals surface area contributed by atoms with Crippen molar-refractivity contribution in [2.45, 2.75) is 37.0 Å². The van der Waals surface area contributed by atoms with Gasteiger partial charge in [0.1, 0.15) is 0 Å². The van der Waals surface area contributed by atoms with Crippen LogP contribution in [0.2, 0.25) is 0 Å². The van der Waals surface area contributed by atoms with E-state index in [1.165, 1.54) is 25.7 Å². The maximum absolute atomic E-state index is 5.95. The van der Waals surface area contributed by atoms with Gasteiger partial charge in [-0.1, -0.05) is 0 Å². The lowest BCUT2D eigenvalue weighted by atomic mass is 10.0. The molecule has 2 aliphatic carbocycles. The van der Waals surface area contributed by atoms with Gasteiger partial charge >= 0.3 is 0 Å². The molecular formula is C10H21NS. The molecule has 4 atom stereocenters. The SMILES string of the molecule is C[SH](C)C1C[C@@H]2C[C@H](N)C[C@@H]2C1. The Morgan fingerprint density at radius 1 is 1.00 bits per heavy atom. The number of hydrogen-bond donors (Lipinski definition) is 2. The van der Waals surface area contributed by atoms with E-state index >= 15 is 0 Å². The van der Waals surface area contributed by atoms with Crippen LogP contribution in [0.4, 0.5) is 0 Å². The molecule has 2 fully saturated rings. The summed E-state index contributed by atoms with van der Waals surface area (Å²) in [5, 5.41) is 1.07. The highest BCUT2D eigenvalue weighted by Crippen LogP contribution is 2.49. The van der Waals surface area contributed by atoms with Gasteiger partial charge in [0, 0.05) is 6.04 Å². The molecule has 1 unspecified atom stereocenters. The summed E-state index contributed by atoms with van der Waals surface area (Å²) in [4.78, 5) is 0. The van der Waals surface area contributed by atoms with Gasteiger partial charge in [0.2, 0.25) is 0 Å². The van der Waals surface area contributed by atoms with Crippen LogP contribution in [0, 0.1) is 11.8 Å². The number of rotatable bonds is 1. The fraction of sp³-hybridized carbons (Fsp3) is 1.00. The first-order chi connectivity index (χ1) is 5.66. The summed E-state index contributed by atoms with van der Waals surface area (Å²) in [5.41, 5.74) is 5.95. The van der Waals surface area contributed by atoms with E-state index in [4.69, 9.17) is 5.73 Å². The zero-order chi connectivity index (χ0) is 8.72. The molecule has 2 aliphatic rings. The Balaban J connectivity index is 1.93. The number of thiol groups is 1. The molecule has 0 aliphatic heterocycles. The first-order valence-electron chi connectivity index (χ1n) is 5.09. The Labute approximate surface area is 78.4 Å². The third kappa shape index (κ3) is 1.51. The third-order valence-corrected chi connectivity index (χ3v) is 5.64.